The van der Waals surface area contributed by atoms with Gasteiger partial charge in [0.15, 0.2) is 14.6 Å². The lowest BCUT2D eigenvalue weighted by Crippen LogP contribution is -2.45. The quantitative estimate of drug-likeness (QED) is 0.493. The van der Waals surface area contributed by atoms with Gasteiger partial charge in [0.1, 0.15) is 18.1 Å². The second-order valence-electron chi connectivity index (χ2n) is 8.77. The fraction of sp³-hybridized carbons (Fsp3) is 0.480. The molecule has 0 saturated carbocycles. The molecule has 0 radical (unpaired) electrons. The van der Waals surface area contributed by atoms with E-state index in [1.807, 2.05) is 0 Å². The van der Waals surface area contributed by atoms with Crippen molar-refractivity contribution in [2.45, 2.75) is 62.8 Å². The Morgan fingerprint density at radius 1 is 1.03 bits per heavy atom. The first-order valence-electron chi connectivity index (χ1n) is 11.0. The Kier molecular flexibility index (Phi) is 8.91. The van der Waals surface area contributed by atoms with Gasteiger partial charge in [-0.2, -0.15) is 0 Å². The largest absolute Gasteiger partial charge is 0.497 e. The van der Waals surface area contributed by atoms with Crippen molar-refractivity contribution >= 4 is 15.8 Å². The monoisotopic (exact) mass is 477 g/mol. The number of rotatable bonds is 12. The molecule has 182 valence electrons. The second-order valence-corrected chi connectivity index (χ2v) is 11.2. The lowest BCUT2D eigenvalue weighted by molar-refractivity contribution is -0.139. The Bertz CT molecular complexity index is 1030. The molecule has 0 aromatic heterocycles. The number of hydrogen-bond acceptors (Lipinski definition) is 6. The minimum Gasteiger partial charge on any atom is -0.497 e. The molecule has 33 heavy (non-hydrogen) atoms. The third-order valence-corrected chi connectivity index (χ3v) is 8.25. The summed E-state index contributed by atoms with van der Waals surface area (Å²) in [4.78, 5) is 14.5. The van der Waals surface area contributed by atoms with Crippen LogP contribution in [0.1, 0.15) is 40.2 Å². The normalized spacial score (nSPS) is 13.8. The van der Waals surface area contributed by atoms with Gasteiger partial charge in [-0.1, -0.05) is 18.2 Å². The number of aliphatic carboxylic acids is 1. The van der Waals surface area contributed by atoms with Crippen molar-refractivity contribution < 1.29 is 27.8 Å². The Hall–Kier alpha value is -2.58. The Labute approximate surface area is 197 Å². The van der Waals surface area contributed by atoms with Crippen LogP contribution in [0, 0.1) is 0 Å². The van der Waals surface area contributed by atoms with E-state index in [2.05, 4.69) is 32.6 Å². The van der Waals surface area contributed by atoms with E-state index in [0.717, 1.165) is 0 Å². The molecule has 2 aromatic rings. The summed E-state index contributed by atoms with van der Waals surface area (Å²) < 4.78 is 35.8. The molecule has 0 aliphatic heterocycles. The Morgan fingerprint density at radius 2 is 1.61 bits per heavy atom. The van der Waals surface area contributed by atoms with Gasteiger partial charge >= 0.3 is 5.97 Å². The van der Waals surface area contributed by atoms with Crippen LogP contribution >= 0.6 is 0 Å². The van der Waals surface area contributed by atoms with Gasteiger partial charge in [0.05, 0.1) is 12.0 Å². The first kappa shape index (κ1) is 26.7. The molecule has 0 amide bonds. The maximum Gasteiger partial charge on any atom is 0.325 e. The second kappa shape index (κ2) is 11.0. The summed E-state index contributed by atoms with van der Waals surface area (Å²) >= 11 is 0. The number of methoxy groups -OCH3 is 1. The van der Waals surface area contributed by atoms with Crippen molar-refractivity contribution in [3.05, 3.63) is 54.1 Å². The van der Waals surface area contributed by atoms with Crippen LogP contribution in [0.5, 0.6) is 11.5 Å². The summed E-state index contributed by atoms with van der Waals surface area (Å²) in [5.41, 5.74) is 0.528. The molecule has 0 aliphatic carbocycles. The number of carbonyl (C=O) groups is 1. The van der Waals surface area contributed by atoms with Crippen molar-refractivity contribution in [3.8, 4) is 11.5 Å². The maximum atomic E-state index is 13.4. The van der Waals surface area contributed by atoms with Crippen molar-refractivity contribution in [3.63, 3.8) is 0 Å². The van der Waals surface area contributed by atoms with Gasteiger partial charge in [0.2, 0.25) is 0 Å². The van der Waals surface area contributed by atoms with E-state index in [1.165, 1.54) is 38.3 Å². The number of benzene rings is 2. The fourth-order valence-electron chi connectivity index (χ4n) is 3.83. The maximum absolute atomic E-state index is 13.4. The van der Waals surface area contributed by atoms with Crippen molar-refractivity contribution in [2.75, 3.05) is 20.3 Å². The highest BCUT2D eigenvalue weighted by molar-refractivity contribution is 7.93. The molecular formula is C25H35NO6S. The van der Waals surface area contributed by atoms with Crippen LogP contribution in [0.3, 0.4) is 0 Å². The first-order chi connectivity index (χ1) is 15.4. The molecule has 0 spiro atoms. The molecule has 0 saturated heterocycles. The zero-order valence-corrected chi connectivity index (χ0v) is 21.1. The van der Waals surface area contributed by atoms with Crippen LogP contribution in [0.15, 0.2) is 53.4 Å². The summed E-state index contributed by atoms with van der Waals surface area (Å²) in [5.74, 6) is -0.442. The SMILES string of the molecule is COc1ccc(S(=O)(=O)C(C)(Cc2ccccc2OCCN(C(C)C)C(C)C)C(=O)O)cc1. The third kappa shape index (κ3) is 6.06. The summed E-state index contributed by atoms with van der Waals surface area (Å²) in [6.07, 6.45) is -0.231. The molecule has 1 unspecified atom stereocenters. The number of para-hydroxylation sites is 1. The minimum atomic E-state index is -4.22. The van der Waals surface area contributed by atoms with Crippen molar-refractivity contribution in [1.82, 2.24) is 4.90 Å². The van der Waals surface area contributed by atoms with Gasteiger partial charge in [-0.3, -0.25) is 9.69 Å². The highest BCUT2D eigenvalue weighted by Gasteiger charge is 2.48. The minimum absolute atomic E-state index is 0.0730. The number of carboxylic acids is 1. The lowest BCUT2D eigenvalue weighted by atomic mass is 9.99. The van der Waals surface area contributed by atoms with Gasteiger partial charge in [-0.25, -0.2) is 8.42 Å². The third-order valence-electron chi connectivity index (χ3n) is 5.85. The van der Waals surface area contributed by atoms with Crippen molar-refractivity contribution in [1.29, 1.82) is 0 Å². The summed E-state index contributed by atoms with van der Waals surface area (Å²) in [6, 6.07) is 13.4. The molecular weight excluding hydrogens is 442 g/mol. The van der Waals surface area contributed by atoms with Crippen LogP contribution in [-0.4, -0.2) is 61.5 Å². The average Bonchev–Trinajstić information content (AvgIpc) is 2.76. The standard InChI is InChI=1S/C25H35NO6S/c1-18(2)26(19(3)4)15-16-32-23-10-8-7-9-20(23)17-25(5,24(27)28)33(29,30)22-13-11-21(31-6)12-14-22/h7-14,18-19H,15-17H2,1-6H3,(H,27,28). The topological polar surface area (TPSA) is 93.1 Å². The Balaban J connectivity index is 2.31. The molecule has 2 rings (SSSR count). The van der Waals surface area contributed by atoms with Gasteiger partial charge in [0.25, 0.3) is 0 Å². The van der Waals surface area contributed by atoms with E-state index in [1.54, 1.807) is 24.3 Å². The fourth-order valence-corrected chi connectivity index (χ4v) is 5.42. The summed E-state index contributed by atoms with van der Waals surface area (Å²) in [7, 11) is -2.74. The zero-order chi connectivity index (χ0) is 24.8. The van der Waals surface area contributed by atoms with Crippen LogP contribution in [0.4, 0.5) is 0 Å². The zero-order valence-electron chi connectivity index (χ0n) is 20.2. The van der Waals surface area contributed by atoms with Crippen LogP contribution < -0.4 is 9.47 Å². The van der Waals surface area contributed by atoms with Gasteiger partial charge in [-0.15, -0.1) is 0 Å². The van der Waals surface area contributed by atoms with E-state index in [9.17, 15) is 18.3 Å². The predicted molar refractivity (Wildman–Crippen MR) is 129 cm³/mol. The molecule has 1 atom stereocenters. The Morgan fingerprint density at radius 3 is 2.12 bits per heavy atom. The first-order valence-corrected chi connectivity index (χ1v) is 12.5. The molecule has 0 heterocycles. The predicted octanol–water partition coefficient (Wildman–Crippen LogP) is 4.05. The highest BCUT2D eigenvalue weighted by atomic mass is 32.2. The van der Waals surface area contributed by atoms with Gasteiger partial charge in [0, 0.05) is 25.0 Å². The number of carboxylic acid groups (broad SMARTS) is 1. The van der Waals surface area contributed by atoms with Crippen molar-refractivity contribution in [2.24, 2.45) is 0 Å². The molecule has 0 bridgehead atoms. The lowest BCUT2D eigenvalue weighted by Gasteiger charge is -2.30. The molecule has 8 heteroatoms. The number of hydrogen-bond donors (Lipinski definition) is 1. The molecule has 2 aromatic carbocycles. The van der Waals surface area contributed by atoms with E-state index in [-0.39, 0.29) is 11.3 Å². The highest BCUT2D eigenvalue weighted by Crippen LogP contribution is 2.33. The molecule has 1 N–H and O–H groups in total. The van der Waals surface area contributed by atoms with Crippen LogP contribution in [0.2, 0.25) is 0 Å². The van der Waals surface area contributed by atoms with E-state index in [0.29, 0.717) is 42.3 Å². The number of ether oxygens (including phenoxy) is 2. The number of nitrogens with zero attached hydrogens (tertiary/aromatic N) is 1. The average molecular weight is 478 g/mol. The van der Waals surface area contributed by atoms with E-state index >= 15 is 0 Å². The molecule has 0 fully saturated rings. The van der Waals surface area contributed by atoms with Gasteiger partial charge < -0.3 is 14.6 Å². The molecule has 7 nitrogen and oxygen atoms in total. The smallest absolute Gasteiger partial charge is 0.325 e. The van der Waals surface area contributed by atoms with E-state index < -0.39 is 20.6 Å². The van der Waals surface area contributed by atoms with Crippen LogP contribution in [0.25, 0.3) is 0 Å². The van der Waals surface area contributed by atoms with Gasteiger partial charge in [-0.05, 0) is 70.5 Å². The molecule has 0 aliphatic rings. The number of sulfone groups is 1. The summed E-state index contributed by atoms with van der Waals surface area (Å²) in [5, 5.41) is 10.0. The summed E-state index contributed by atoms with van der Waals surface area (Å²) in [6.45, 7) is 10.8. The van der Waals surface area contributed by atoms with E-state index in [4.69, 9.17) is 9.47 Å². The van der Waals surface area contributed by atoms with Crippen LogP contribution in [-0.2, 0) is 21.1 Å².